The highest BCUT2D eigenvalue weighted by atomic mass is 32.1. The highest BCUT2D eigenvalue weighted by molar-refractivity contribution is 7.80. The van der Waals surface area contributed by atoms with Crippen LogP contribution in [0.1, 0.15) is 20.7 Å². The summed E-state index contributed by atoms with van der Waals surface area (Å²) in [7, 11) is 3.05. The molecular formula is C27H28N4O4S. The van der Waals surface area contributed by atoms with Crippen molar-refractivity contribution < 1.29 is 19.1 Å². The van der Waals surface area contributed by atoms with Crippen molar-refractivity contribution in [3.05, 3.63) is 83.9 Å². The summed E-state index contributed by atoms with van der Waals surface area (Å²) in [6, 6.07) is 22.0. The number of ether oxygens (including phenoxy) is 2. The van der Waals surface area contributed by atoms with Gasteiger partial charge in [0.15, 0.2) is 5.11 Å². The van der Waals surface area contributed by atoms with Crippen molar-refractivity contribution in [2.45, 2.75) is 0 Å². The number of carbonyl (C=O) groups is 2. The Morgan fingerprint density at radius 3 is 2.06 bits per heavy atom. The average Bonchev–Trinajstić information content (AvgIpc) is 2.93. The maximum absolute atomic E-state index is 12.8. The molecule has 1 aliphatic rings. The maximum atomic E-state index is 12.8. The van der Waals surface area contributed by atoms with E-state index in [1.165, 1.54) is 14.2 Å². The maximum Gasteiger partial charge on any atom is 0.257 e. The first-order valence-electron chi connectivity index (χ1n) is 11.5. The summed E-state index contributed by atoms with van der Waals surface area (Å²) in [6.45, 7) is 2.59. The lowest BCUT2D eigenvalue weighted by Gasteiger charge is -2.37. The van der Waals surface area contributed by atoms with Crippen LogP contribution in [0.25, 0.3) is 0 Å². The van der Waals surface area contributed by atoms with E-state index in [0.29, 0.717) is 48.8 Å². The Kier molecular flexibility index (Phi) is 8.02. The molecule has 9 heteroatoms. The molecule has 186 valence electrons. The molecule has 8 nitrogen and oxygen atoms in total. The van der Waals surface area contributed by atoms with E-state index in [1.807, 2.05) is 59.5 Å². The van der Waals surface area contributed by atoms with E-state index in [1.54, 1.807) is 18.2 Å². The number of carbonyl (C=O) groups excluding carboxylic acids is 2. The summed E-state index contributed by atoms with van der Waals surface area (Å²) >= 11 is 5.43. The number of piperazine rings is 1. The number of amides is 2. The van der Waals surface area contributed by atoms with Crippen LogP contribution in [0.2, 0.25) is 0 Å². The monoisotopic (exact) mass is 504 g/mol. The summed E-state index contributed by atoms with van der Waals surface area (Å²) in [5.41, 5.74) is 2.78. The second-order valence-electron chi connectivity index (χ2n) is 8.17. The van der Waals surface area contributed by atoms with Crippen LogP contribution >= 0.6 is 12.2 Å². The molecule has 0 bridgehead atoms. The third kappa shape index (κ3) is 5.92. The Labute approximate surface area is 215 Å². The largest absolute Gasteiger partial charge is 0.497 e. The Morgan fingerprint density at radius 1 is 0.806 bits per heavy atom. The lowest BCUT2D eigenvalue weighted by atomic mass is 10.1. The minimum atomic E-state index is -0.379. The molecule has 3 aromatic carbocycles. The Bertz CT molecular complexity index is 1220. The van der Waals surface area contributed by atoms with Gasteiger partial charge in [0.1, 0.15) is 11.5 Å². The molecule has 0 aliphatic carbocycles. The number of nitrogens with zero attached hydrogens (tertiary/aromatic N) is 2. The number of hydrogen-bond acceptors (Lipinski definition) is 6. The van der Waals surface area contributed by atoms with Crippen LogP contribution in [-0.2, 0) is 0 Å². The zero-order valence-corrected chi connectivity index (χ0v) is 21.0. The number of thiocarbonyl (C=S) groups is 1. The molecule has 0 unspecified atom stereocenters. The first-order valence-corrected chi connectivity index (χ1v) is 11.9. The minimum absolute atomic E-state index is 0.0414. The molecule has 0 saturated carbocycles. The van der Waals surface area contributed by atoms with Crippen molar-refractivity contribution in [3.63, 3.8) is 0 Å². The second kappa shape index (κ2) is 11.5. The molecular weight excluding hydrogens is 476 g/mol. The summed E-state index contributed by atoms with van der Waals surface area (Å²) in [4.78, 5) is 29.6. The van der Waals surface area contributed by atoms with Crippen molar-refractivity contribution in [2.75, 3.05) is 50.6 Å². The Hall–Kier alpha value is -4.11. The van der Waals surface area contributed by atoms with E-state index >= 15 is 0 Å². The molecule has 36 heavy (non-hydrogen) atoms. The van der Waals surface area contributed by atoms with Gasteiger partial charge in [0.05, 0.1) is 25.6 Å². The van der Waals surface area contributed by atoms with Crippen LogP contribution in [0.3, 0.4) is 0 Å². The number of methoxy groups -OCH3 is 2. The normalized spacial score (nSPS) is 13.1. The van der Waals surface area contributed by atoms with E-state index in [2.05, 4.69) is 15.5 Å². The highest BCUT2D eigenvalue weighted by Crippen LogP contribution is 2.27. The number of anilines is 2. The molecule has 2 amide bonds. The number of benzene rings is 3. The SMILES string of the molecule is COc1cc(OC)cc(C(=O)NC(=S)Nc2ccccc2N2CCN(C(=O)c3ccccc3)CC2)c1. The Balaban J connectivity index is 1.39. The standard InChI is InChI=1S/C27H28N4O4S/c1-34-21-16-20(17-22(18-21)35-2)25(32)29-27(36)28-23-10-6-7-11-24(23)30-12-14-31(15-13-30)26(33)19-8-4-3-5-9-19/h3-11,16-18H,12-15H2,1-2H3,(H2,28,29,32,36). The summed E-state index contributed by atoms with van der Waals surface area (Å²) in [5.74, 6) is 0.678. The minimum Gasteiger partial charge on any atom is -0.497 e. The van der Waals surface area contributed by atoms with Crippen molar-refractivity contribution in [1.82, 2.24) is 10.2 Å². The van der Waals surface area contributed by atoms with Crippen LogP contribution < -0.4 is 25.0 Å². The van der Waals surface area contributed by atoms with Gasteiger partial charge in [-0.2, -0.15) is 0 Å². The first kappa shape index (κ1) is 25.0. The molecule has 1 aliphatic heterocycles. The number of nitrogens with one attached hydrogen (secondary N) is 2. The molecule has 4 rings (SSSR count). The molecule has 3 aromatic rings. The zero-order chi connectivity index (χ0) is 25.5. The molecule has 0 aromatic heterocycles. The number of hydrogen-bond donors (Lipinski definition) is 2. The fraction of sp³-hybridized carbons (Fsp3) is 0.222. The molecule has 1 fully saturated rings. The van der Waals surface area contributed by atoms with E-state index in [4.69, 9.17) is 21.7 Å². The van der Waals surface area contributed by atoms with Gasteiger partial charge in [-0.15, -0.1) is 0 Å². The molecule has 1 heterocycles. The van der Waals surface area contributed by atoms with Crippen LogP contribution in [0.4, 0.5) is 11.4 Å². The third-order valence-electron chi connectivity index (χ3n) is 5.92. The predicted molar refractivity (Wildman–Crippen MR) is 144 cm³/mol. The lowest BCUT2D eigenvalue weighted by Crippen LogP contribution is -2.49. The van der Waals surface area contributed by atoms with Crippen LogP contribution in [0.15, 0.2) is 72.8 Å². The number of rotatable bonds is 6. The summed E-state index contributed by atoms with van der Waals surface area (Å²) < 4.78 is 10.5. The third-order valence-corrected chi connectivity index (χ3v) is 6.13. The van der Waals surface area contributed by atoms with E-state index in [9.17, 15) is 9.59 Å². The van der Waals surface area contributed by atoms with Gasteiger partial charge in [-0.1, -0.05) is 30.3 Å². The zero-order valence-electron chi connectivity index (χ0n) is 20.2. The first-order chi connectivity index (χ1) is 17.5. The van der Waals surface area contributed by atoms with Gasteiger partial charge in [0.25, 0.3) is 11.8 Å². The van der Waals surface area contributed by atoms with Gasteiger partial charge in [-0.25, -0.2) is 0 Å². The van der Waals surface area contributed by atoms with E-state index < -0.39 is 0 Å². The molecule has 2 N–H and O–H groups in total. The van der Waals surface area contributed by atoms with Gasteiger partial charge in [-0.05, 0) is 48.6 Å². The van der Waals surface area contributed by atoms with Crippen molar-refractivity contribution >= 4 is 40.5 Å². The quantitative estimate of drug-likeness (QED) is 0.494. The Morgan fingerprint density at radius 2 is 1.42 bits per heavy atom. The van der Waals surface area contributed by atoms with Gasteiger partial charge in [-0.3, -0.25) is 14.9 Å². The van der Waals surface area contributed by atoms with Gasteiger partial charge < -0.3 is 24.6 Å². The van der Waals surface area contributed by atoms with Crippen LogP contribution in [-0.4, -0.2) is 62.2 Å². The van der Waals surface area contributed by atoms with E-state index in [0.717, 1.165) is 11.4 Å². The molecule has 1 saturated heterocycles. The van der Waals surface area contributed by atoms with Crippen molar-refractivity contribution in [3.8, 4) is 11.5 Å². The van der Waals surface area contributed by atoms with Gasteiger partial charge >= 0.3 is 0 Å². The average molecular weight is 505 g/mol. The second-order valence-corrected chi connectivity index (χ2v) is 8.58. The van der Waals surface area contributed by atoms with Crippen molar-refractivity contribution in [1.29, 1.82) is 0 Å². The highest BCUT2D eigenvalue weighted by Gasteiger charge is 2.23. The van der Waals surface area contributed by atoms with Gasteiger partial charge in [0.2, 0.25) is 0 Å². The lowest BCUT2D eigenvalue weighted by molar-refractivity contribution is 0.0746. The van der Waals surface area contributed by atoms with E-state index in [-0.39, 0.29) is 16.9 Å². The molecule has 0 radical (unpaired) electrons. The van der Waals surface area contributed by atoms with Crippen molar-refractivity contribution in [2.24, 2.45) is 0 Å². The smallest absolute Gasteiger partial charge is 0.257 e. The summed E-state index contributed by atoms with van der Waals surface area (Å²) in [6.07, 6.45) is 0. The van der Waals surface area contributed by atoms with Crippen LogP contribution in [0, 0.1) is 0 Å². The fourth-order valence-corrected chi connectivity index (χ4v) is 4.24. The van der Waals surface area contributed by atoms with Gasteiger partial charge in [0, 0.05) is 43.4 Å². The molecule has 0 spiro atoms. The topological polar surface area (TPSA) is 83.1 Å². The number of para-hydroxylation sites is 2. The summed E-state index contributed by atoms with van der Waals surface area (Å²) in [5, 5.41) is 6.03. The van der Waals surface area contributed by atoms with Crippen LogP contribution in [0.5, 0.6) is 11.5 Å². The predicted octanol–water partition coefficient (Wildman–Crippen LogP) is 3.79. The molecule has 0 atom stereocenters. The fourth-order valence-electron chi connectivity index (χ4n) is 4.04.